The average molecular weight is 533 g/mol. The third kappa shape index (κ3) is 6.38. The SMILES string of the molecule is C=CN=C1C(=C)C=CC=C1S(=O)(=O)Nc1ccc(C(=O)N2CCN(Cc3ccc(C(C)C)cc3)CC2)cc1.[HH]. The Morgan fingerprint density at radius 3 is 2.34 bits per heavy atom. The minimum Gasteiger partial charge on any atom is -0.336 e. The number of anilines is 1. The Kier molecular flexibility index (Phi) is 8.44. The first-order chi connectivity index (χ1) is 18.2. The number of carbonyl (C=O) groups is 1. The number of aliphatic imine (C=N–C) groups is 1. The van der Waals surface area contributed by atoms with Crippen LogP contribution in [0.15, 0.2) is 102 Å². The first kappa shape index (κ1) is 27.3. The molecule has 2 aliphatic rings. The van der Waals surface area contributed by atoms with Gasteiger partial charge in [-0.3, -0.25) is 19.4 Å². The van der Waals surface area contributed by atoms with Gasteiger partial charge in [0, 0.05) is 51.6 Å². The number of amides is 1. The van der Waals surface area contributed by atoms with E-state index in [1.54, 1.807) is 36.4 Å². The normalized spacial score (nSPS) is 17.6. The van der Waals surface area contributed by atoms with E-state index in [0.717, 1.165) is 19.6 Å². The van der Waals surface area contributed by atoms with Crippen molar-refractivity contribution >= 4 is 27.3 Å². The molecule has 0 aromatic heterocycles. The zero-order valence-electron chi connectivity index (χ0n) is 21.9. The molecule has 1 amide bonds. The van der Waals surface area contributed by atoms with Crippen molar-refractivity contribution < 1.29 is 14.6 Å². The number of piperazine rings is 1. The molecule has 1 saturated heterocycles. The molecule has 1 fully saturated rings. The molecule has 0 unspecified atom stereocenters. The molecule has 7 nitrogen and oxygen atoms in total. The highest BCUT2D eigenvalue weighted by molar-refractivity contribution is 7.97. The predicted octanol–water partition coefficient (Wildman–Crippen LogP) is 5.35. The molecule has 1 aliphatic heterocycles. The second-order valence-electron chi connectivity index (χ2n) is 9.72. The zero-order valence-corrected chi connectivity index (χ0v) is 22.7. The molecule has 0 atom stereocenters. The molecule has 38 heavy (non-hydrogen) atoms. The molecule has 8 heteroatoms. The molecular formula is C30H36N4O3S. The lowest BCUT2D eigenvalue weighted by Gasteiger charge is -2.34. The molecular weight excluding hydrogens is 496 g/mol. The fourth-order valence-electron chi connectivity index (χ4n) is 4.47. The fraction of sp³-hybridized carbons (Fsp3) is 0.267. The van der Waals surface area contributed by atoms with E-state index >= 15 is 0 Å². The highest BCUT2D eigenvalue weighted by Gasteiger charge is 2.26. The summed E-state index contributed by atoms with van der Waals surface area (Å²) in [6.07, 6.45) is 6.06. The van der Waals surface area contributed by atoms with Crippen molar-refractivity contribution in [2.45, 2.75) is 26.3 Å². The maximum Gasteiger partial charge on any atom is 0.264 e. The topological polar surface area (TPSA) is 82.1 Å². The van der Waals surface area contributed by atoms with Crippen LogP contribution >= 0.6 is 0 Å². The van der Waals surface area contributed by atoms with Crippen molar-refractivity contribution in [3.05, 3.63) is 113 Å². The lowest BCUT2D eigenvalue weighted by Crippen LogP contribution is -2.48. The first-order valence-electron chi connectivity index (χ1n) is 12.7. The van der Waals surface area contributed by atoms with Gasteiger partial charge >= 0.3 is 0 Å². The number of allylic oxidation sites excluding steroid dienone is 5. The Labute approximate surface area is 227 Å². The third-order valence-corrected chi connectivity index (χ3v) is 8.10. The number of nitrogens with zero attached hydrogens (tertiary/aromatic N) is 3. The molecule has 200 valence electrons. The highest BCUT2D eigenvalue weighted by atomic mass is 32.2. The van der Waals surface area contributed by atoms with Crippen LogP contribution in [-0.4, -0.2) is 56.0 Å². The Morgan fingerprint density at radius 2 is 1.74 bits per heavy atom. The highest BCUT2D eigenvalue weighted by Crippen LogP contribution is 2.23. The Bertz CT molecular complexity index is 1400. The summed E-state index contributed by atoms with van der Waals surface area (Å²) >= 11 is 0. The molecule has 0 radical (unpaired) electrons. The second-order valence-corrected chi connectivity index (χ2v) is 11.4. The van der Waals surface area contributed by atoms with E-state index in [9.17, 15) is 13.2 Å². The van der Waals surface area contributed by atoms with Gasteiger partial charge in [0.15, 0.2) is 0 Å². The Hall–Kier alpha value is -3.75. The number of hydrogen-bond acceptors (Lipinski definition) is 5. The van der Waals surface area contributed by atoms with Crippen molar-refractivity contribution in [3.8, 4) is 0 Å². The van der Waals surface area contributed by atoms with Gasteiger partial charge in [0.1, 0.15) is 4.91 Å². The van der Waals surface area contributed by atoms with Gasteiger partial charge in [-0.2, -0.15) is 0 Å². The summed E-state index contributed by atoms with van der Waals surface area (Å²) in [5, 5.41) is 0. The summed E-state index contributed by atoms with van der Waals surface area (Å²) in [5.41, 5.74) is 4.22. The quantitative estimate of drug-likeness (QED) is 0.497. The van der Waals surface area contributed by atoms with Crippen LogP contribution in [-0.2, 0) is 16.6 Å². The van der Waals surface area contributed by atoms with Gasteiger partial charge in [-0.1, -0.05) is 63.4 Å². The van der Waals surface area contributed by atoms with E-state index < -0.39 is 10.0 Å². The van der Waals surface area contributed by atoms with Gasteiger partial charge in [0.25, 0.3) is 15.9 Å². The van der Waals surface area contributed by atoms with Crippen molar-refractivity contribution in [2.24, 2.45) is 4.99 Å². The predicted molar refractivity (Wildman–Crippen MR) is 157 cm³/mol. The minimum absolute atomic E-state index is 0. The summed E-state index contributed by atoms with van der Waals surface area (Å²) in [5.74, 6) is 0.460. The largest absolute Gasteiger partial charge is 0.336 e. The van der Waals surface area contributed by atoms with Crippen LogP contribution in [0.1, 0.15) is 42.7 Å². The van der Waals surface area contributed by atoms with Crippen LogP contribution in [0.3, 0.4) is 0 Å². The lowest BCUT2D eigenvalue weighted by atomic mass is 10.0. The summed E-state index contributed by atoms with van der Waals surface area (Å²) in [7, 11) is -3.91. The number of hydrogen-bond donors (Lipinski definition) is 1. The van der Waals surface area contributed by atoms with E-state index in [1.807, 2.05) is 4.90 Å². The molecule has 0 bridgehead atoms. The average Bonchev–Trinajstić information content (AvgIpc) is 2.90. The van der Waals surface area contributed by atoms with Gasteiger partial charge in [-0.25, -0.2) is 8.42 Å². The molecule has 1 N–H and O–H groups in total. The van der Waals surface area contributed by atoms with E-state index in [0.29, 0.717) is 35.8 Å². The minimum atomic E-state index is -3.91. The smallest absolute Gasteiger partial charge is 0.264 e. The Morgan fingerprint density at radius 1 is 1.08 bits per heavy atom. The molecule has 1 aliphatic carbocycles. The van der Waals surface area contributed by atoms with E-state index in [4.69, 9.17) is 0 Å². The summed E-state index contributed by atoms with van der Waals surface area (Å²) in [4.78, 5) is 21.4. The second kappa shape index (κ2) is 11.8. The summed E-state index contributed by atoms with van der Waals surface area (Å²) in [6.45, 7) is 15.6. The number of benzene rings is 2. The zero-order chi connectivity index (χ0) is 27.3. The maximum absolute atomic E-state index is 13.1. The van der Waals surface area contributed by atoms with Gasteiger partial charge in [-0.15, -0.1) is 0 Å². The monoisotopic (exact) mass is 532 g/mol. The molecule has 4 rings (SSSR count). The fourth-order valence-corrected chi connectivity index (χ4v) is 5.72. The van der Waals surface area contributed by atoms with Gasteiger partial charge in [0.05, 0.1) is 5.71 Å². The number of nitrogens with one attached hydrogen (secondary N) is 1. The van der Waals surface area contributed by atoms with Crippen LogP contribution in [0.25, 0.3) is 0 Å². The lowest BCUT2D eigenvalue weighted by molar-refractivity contribution is 0.0628. The number of sulfonamides is 1. The first-order valence-corrected chi connectivity index (χ1v) is 14.2. The van der Waals surface area contributed by atoms with Crippen LogP contribution in [0, 0.1) is 0 Å². The van der Waals surface area contributed by atoms with Gasteiger partial charge in [0.2, 0.25) is 0 Å². The summed E-state index contributed by atoms with van der Waals surface area (Å²) in [6, 6.07) is 15.3. The van der Waals surface area contributed by atoms with Crippen molar-refractivity contribution in [1.82, 2.24) is 9.80 Å². The molecule has 2 aromatic carbocycles. The van der Waals surface area contributed by atoms with Gasteiger partial charge in [-0.05, 0) is 53.0 Å². The third-order valence-electron chi connectivity index (χ3n) is 6.69. The van der Waals surface area contributed by atoms with Crippen LogP contribution < -0.4 is 4.72 Å². The molecule has 2 aromatic rings. The number of carbonyl (C=O) groups excluding carboxylic acids is 1. The molecule has 1 heterocycles. The number of rotatable bonds is 8. The van der Waals surface area contributed by atoms with Crippen LogP contribution in [0.2, 0.25) is 0 Å². The van der Waals surface area contributed by atoms with Crippen LogP contribution in [0.5, 0.6) is 0 Å². The van der Waals surface area contributed by atoms with Crippen LogP contribution in [0.4, 0.5) is 5.69 Å². The van der Waals surface area contributed by atoms with E-state index in [2.05, 4.69) is 65.9 Å². The molecule has 0 spiro atoms. The van der Waals surface area contributed by atoms with E-state index in [1.165, 1.54) is 23.4 Å². The van der Waals surface area contributed by atoms with E-state index in [-0.39, 0.29) is 18.0 Å². The van der Waals surface area contributed by atoms with Crippen molar-refractivity contribution in [2.75, 3.05) is 30.9 Å². The van der Waals surface area contributed by atoms with Crippen molar-refractivity contribution in [1.29, 1.82) is 0 Å². The Balaban J connectivity index is 0.00000420. The van der Waals surface area contributed by atoms with Crippen molar-refractivity contribution in [3.63, 3.8) is 0 Å². The summed E-state index contributed by atoms with van der Waals surface area (Å²) < 4.78 is 28.6. The maximum atomic E-state index is 13.1. The van der Waals surface area contributed by atoms with Gasteiger partial charge < -0.3 is 4.90 Å². The molecule has 0 saturated carbocycles. The standard InChI is InChI=1S/C30H34N4O3S.H2/c1-5-31-29-23(4)7-6-8-28(29)38(36,37)32-27-15-13-26(14-16-27)30(35)34-19-17-33(18-20-34)21-24-9-11-25(12-10-24)22(2)3;/h5-16,22,32H,1,4,17-21H2,2-3H3;1H.